The van der Waals surface area contributed by atoms with Crippen molar-refractivity contribution < 1.29 is 9.90 Å². The third-order valence-corrected chi connectivity index (χ3v) is 3.16. The number of carbonyl (C=O) groups is 1. The van der Waals surface area contributed by atoms with E-state index in [1.807, 2.05) is 18.2 Å². The van der Waals surface area contributed by atoms with Crippen molar-refractivity contribution in [2.75, 3.05) is 5.32 Å². The molecule has 0 aliphatic heterocycles. The summed E-state index contributed by atoms with van der Waals surface area (Å²) in [6.45, 7) is 0. The normalized spacial score (nSPS) is 9.94. The van der Waals surface area contributed by atoms with Crippen molar-refractivity contribution in [3.05, 3.63) is 57.7 Å². The minimum Gasteiger partial charge on any atom is -0.508 e. The van der Waals surface area contributed by atoms with Crippen LogP contribution in [0.25, 0.3) is 0 Å². The van der Waals surface area contributed by atoms with Gasteiger partial charge in [0.1, 0.15) is 5.75 Å². The molecule has 86 valence electrons. The van der Waals surface area contributed by atoms with Crippen molar-refractivity contribution in [3.63, 3.8) is 0 Å². The number of hydrogen-bond acceptors (Lipinski definition) is 2. The maximum absolute atomic E-state index is 11.9. The molecular weight excluding hydrogens is 329 g/mol. The highest BCUT2D eigenvalue weighted by Gasteiger charge is 2.09. The lowest BCUT2D eigenvalue weighted by Gasteiger charge is -2.06. The molecule has 2 aromatic rings. The average molecular weight is 339 g/mol. The molecule has 0 atom stereocenters. The summed E-state index contributed by atoms with van der Waals surface area (Å²) in [4.78, 5) is 11.9. The molecule has 2 rings (SSSR count). The quantitative estimate of drug-likeness (QED) is 0.826. The molecule has 0 radical (unpaired) electrons. The minimum atomic E-state index is -0.180. The van der Waals surface area contributed by atoms with Gasteiger partial charge in [-0.2, -0.15) is 0 Å². The first-order valence-electron chi connectivity index (χ1n) is 5.02. The maximum Gasteiger partial charge on any atom is 0.256 e. The molecule has 0 heterocycles. The van der Waals surface area contributed by atoms with E-state index in [0.29, 0.717) is 11.3 Å². The van der Waals surface area contributed by atoms with Crippen LogP contribution in [0.5, 0.6) is 5.75 Å². The molecule has 0 aliphatic rings. The van der Waals surface area contributed by atoms with Crippen LogP contribution in [0.2, 0.25) is 0 Å². The Labute approximate surface area is 113 Å². The summed E-state index contributed by atoms with van der Waals surface area (Å²) in [5.74, 6) is -0.0499. The lowest BCUT2D eigenvalue weighted by Crippen LogP contribution is -2.13. The van der Waals surface area contributed by atoms with Gasteiger partial charge in [-0.05, 0) is 46.9 Å². The van der Waals surface area contributed by atoms with Gasteiger partial charge in [-0.1, -0.05) is 18.2 Å². The van der Waals surface area contributed by atoms with Gasteiger partial charge >= 0.3 is 0 Å². The van der Waals surface area contributed by atoms with Crippen LogP contribution in [0.4, 0.5) is 5.69 Å². The standard InChI is InChI=1S/C13H10INO2/c14-12-7-2-1-6-11(12)13(17)15-9-4-3-5-10(16)8-9/h1-8,16H,(H,15,17). The van der Waals surface area contributed by atoms with Crippen LogP contribution in [0.1, 0.15) is 10.4 Å². The van der Waals surface area contributed by atoms with Gasteiger partial charge in [-0.15, -0.1) is 0 Å². The first-order valence-corrected chi connectivity index (χ1v) is 6.09. The Morgan fingerprint density at radius 3 is 2.59 bits per heavy atom. The first kappa shape index (κ1) is 11.9. The molecule has 2 aromatic carbocycles. The number of hydrogen-bond donors (Lipinski definition) is 2. The fourth-order valence-corrected chi connectivity index (χ4v) is 2.06. The van der Waals surface area contributed by atoms with E-state index in [1.165, 1.54) is 6.07 Å². The van der Waals surface area contributed by atoms with Gasteiger partial charge in [0, 0.05) is 15.3 Å². The Bertz CT molecular complexity index is 555. The second-order valence-corrected chi connectivity index (χ2v) is 4.65. The fourth-order valence-electron chi connectivity index (χ4n) is 1.43. The van der Waals surface area contributed by atoms with Gasteiger partial charge in [-0.3, -0.25) is 4.79 Å². The summed E-state index contributed by atoms with van der Waals surface area (Å²) >= 11 is 2.11. The third kappa shape index (κ3) is 2.97. The molecule has 3 nitrogen and oxygen atoms in total. The van der Waals surface area contributed by atoms with Gasteiger partial charge in [0.15, 0.2) is 0 Å². The fraction of sp³-hybridized carbons (Fsp3) is 0. The molecule has 4 heteroatoms. The van der Waals surface area contributed by atoms with E-state index in [2.05, 4.69) is 27.9 Å². The zero-order chi connectivity index (χ0) is 12.3. The van der Waals surface area contributed by atoms with Crippen molar-refractivity contribution in [1.29, 1.82) is 0 Å². The van der Waals surface area contributed by atoms with Gasteiger partial charge in [-0.25, -0.2) is 0 Å². The molecule has 0 fully saturated rings. The predicted octanol–water partition coefficient (Wildman–Crippen LogP) is 3.25. The van der Waals surface area contributed by atoms with Crippen molar-refractivity contribution in [3.8, 4) is 5.75 Å². The van der Waals surface area contributed by atoms with E-state index in [0.717, 1.165) is 3.57 Å². The zero-order valence-electron chi connectivity index (χ0n) is 8.85. The number of phenolic OH excluding ortho intramolecular Hbond substituents is 1. The summed E-state index contributed by atoms with van der Waals surface area (Å²) in [6, 6.07) is 13.8. The molecule has 0 aliphatic carbocycles. The largest absolute Gasteiger partial charge is 0.508 e. The highest BCUT2D eigenvalue weighted by atomic mass is 127. The van der Waals surface area contributed by atoms with Crippen LogP contribution in [0.3, 0.4) is 0 Å². The molecule has 0 spiro atoms. The Kier molecular flexibility index (Phi) is 3.63. The second-order valence-electron chi connectivity index (χ2n) is 3.48. The lowest BCUT2D eigenvalue weighted by atomic mass is 10.2. The first-order chi connectivity index (χ1) is 8.16. The van der Waals surface area contributed by atoms with Crippen LogP contribution >= 0.6 is 22.6 Å². The number of phenols is 1. The van der Waals surface area contributed by atoms with Crippen molar-refractivity contribution in [1.82, 2.24) is 0 Å². The summed E-state index contributed by atoms with van der Waals surface area (Å²) in [5, 5.41) is 12.0. The summed E-state index contributed by atoms with van der Waals surface area (Å²) in [6.07, 6.45) is 0. The zero-order valence-corrected chi connectivity index (χ0v) is 11.0. The van der Waals surface area contributed by atoms with Crippen LogP contribution in [0.15, 0.2) is 48.5 Å². The Morgan fingerprint density at radius 1 is 1.12 bits per heavy atom. The van der Waals surface area contributed by atoms with Gasteiger partial charge in [0.25, 0.3) is 5.91 Å². The maximum atomic E-state index is 11.9. The summed E-state index contributed by atoms with van der Waals surface area (Å²) in [7, 11) is 0. The number of halogens is 1. The summed E-state index contributed by atoms with van der Waals surface area (Å²) < 4.78 is 0.891. The number of amides is 1. The van der Waals surface area contributed by atoms with Gasteiger partial charge < -0.3 is 10.4 Å². The lowest BCUT2D eigenvalue weighted by molar-refractivity contribution is 0.102. The Hall–Kier alpha value is -1.56. The van der Waals surface area contributed by atoms with Crippen molar-refractivity contribution >= 4 is 34.2 Å². The monoisotopic (exact) mass is 339 g/mol. The Balaban J connectivity index is 2.20. The van der Waals surface area contributed by atoms with E-state index in [4.69, 9.17) is 0 Å². The number of benzene rings is 2. The van der Waals surface area contributed by atoms with E-state index >= 15 is 0 Å². The van der Waals surface area contributed by atoms with E-state index in [1.54, 1.807) is 24.3 Å². The van der Waals surface area contributed by atoms with E-state index in [-0.39, 0.29) is 11.7 Å². The number of anilines is 1. The highest BCUT2D eigenvalue weighted by molar-refractivity contribution is 14.1. The molecule has 0 aromatic heterocycles. The molecule has 0 bridgehead atoms. The van der Waals surface area contributed by atoms with Gasteiger partial charge in [0.05, 0.1) is 5.56 Å². The number of nitrogens with one attached hydrogen (secondary N) is 1. The molecule has 1 amide bonds. The van der Waals surface area contributed by atoms with E-state index < -0.39 is 0 Å². The molecular formula is C13H10INO2. The second kappa shape index (κ2) is 5.18. The predicted molar refractivity (Wildman–Crippen MR) is 75.2 cm³/mol. The summed E-state index contributed by atoms with van der Waals surface area (Å²) in [5.41, 5.74) is 1.20. The van der Waals surface area contributed by atoms with Crippen LogP contribution in [0, 0.1) is 3.57 Å². The third-order valence-electron chi connectivity index (χ3n) is 2.22. The van der Waals surface area contributed by atoms with Crippen LogP contribution in [-0.2, 0) is 0 Å². The highest BCUT2D eigenvalue weighted by Crippen LogP contribution is 2.18. The molecule has 17 heavy (non-hydrogen) atoms. The number of aromatic hydroxyl groups is 1. The molecule has 2 N–H and O–H groups in total. The van der Waals surface area contributed by atoms with Gasteiger partial charge in [0.2, 0.25) is 0 Å². The topological polar surface area (TPSA) is 49.3 Å². The van der Waals surface area contributed by atoms with Crippen LogP contribution in [-0.4, -0.2) is 11.0 Å². The SMILES string of the molecule is O=C(Nc1cccc(O)c1)c1ccccc1I. The minimum absolute atomic E-state index is 0.130. The molecule has 0 saturated carbocycles. The smallest absolute Gasteiger partial charge is 0.256 e. The Morgan fingerprint density at radius 2 is 1.88 bits per heavy atom. The van der Waals surface area contributed by atoms with Crippen molar-refractivity contribution in [2.45, 2.75) is 0 Å². The average Bonchev–Trinajstić information content (AvgIpc) is 2.29. The van der Waals surface area contributed by atoms with Crippen LogP contribution < -0.4 is 5.32 Å². The van der Waals surface area contributed by atoms with E-state index in [9.17, 15) is 9.90 Å². The van der Waals surface area contributed by atoms with Crippen molar-refractivity contribution in [2.24, 2.45) is 0 Å². The molecule has 0 unspecified atom stereocenters. The number of carbonyl (C=O) groups excluding carboxylic acids is 1. The molecule has 0 saturated heterocycles. The number of rotatable bonds is 2.